The molecule has 0 unspecified atom stereocenters. The smallest absolute Gasteiger partial charge is 0.162 e. The standard InChI is InChI=1S/C32H37NO4/c1-31(2)15-22-29(24(34)17-31)28(30-23(33(22)5)16-32(3,4)18-25(30)35)21-12-13-26(27(14-21)36-6)37-19-20-10-8-7-9-11-20/h7-14,28H,15-19H2,1-6H3. The van der Waals surface area contributed by atoms with Crippen LogP contribution in [0.1, 0.15) is 70.4 Å². The van der Waals surface area contributed by atoms with Gasteiger partial charge in [-0.1, -0.05) is 64.1 Å². The van der Waals surface area contributed by atoms with E-state index in [4.69, 9.17) is 9.47 Å². The minimum Gasteiger partial charge on any atom is -0.493 e. The summed E-state index contributed by atoms with van der Waals surface area (Å²) in [5, 5.41) is 0. The molecule has 0 fully saturated rings. The maximum absolute atomic E-state index is 13.7. The lowest BCUT2D eigenvalue weighted by molar-refractivity contribution is -0.119. The lowest BCUT2D eigenvalue weighted by Crippen LogP contribution is -2.43. The Bertz CT molecular complexity index is 1260. The van der Waals surface area contributed by atoms with E-state index >= 15 is 0 Å². The summed E-state index contributed by atoms with van der Waals surface area (Å²) in [6.45, 7) is 9.04. The second-order valence-corrected chi connectivity index (χ2v) is 12.3. The van der Waals surface area contributed by atoms with Gasteiger partial charge in [-0.15, -0.1) is 0 Å². The summed E-state index contributed by atoms with van der Waals surface area (Å²) >= 11 is 0. The van der Waals surface area contributed by atoms with Crippen LogP contribution in [-0.2, 0) is 16.2 Å². The molecule has 5 heteroatoms. The van der Waals surface area contributed by atoms with Gasteiger partial charge in [-0.3, -0.25) is 9.59 Å². The third-order valence-corrected chi connectivity index (χ3v) is 7.94. The number of hydrogen-bond acceptors (Lipinski definition) is 5. The highest BCUT2D eigenvalue weighted by molar-refractivity contribution is 6.06. The molecule has 1 aliphatic heterocycles. The first-order chi connectivity index (χ1) is 17.5. The number of hydrogen-bond donors (Lipinski definition) is 0. The fraction of sp³-hybridized carbons (Fsp3) is 0.438. The number of allylic oxidation sites excluding steroid dienone is 4. The summed E-state index contributed by atoms with van der Waals surface area (Å²) < 4.78 is 11.8. The lowest BCUT2D eigenvalue weighted by Gasteiger charge is -2.47. The van der Waals surface area contributed by atoms with Crippen molar-refractivity contribution < 1.29 is 19.1 Å². The molecule has 5 rings (SSSR count). The van der Waals surface area contributed by atoms with Gasteiger partial charge in [0.05, 0.1) is 7.11 Å². The molecule has 0 bridgehead atoms. The van der Waals surface area contributed by atoms with Crippen molar-refractivity contribution in [2.45, 2.75) is 65.9 Å². The van der Waals surface area contributed by atoms with E-state index in [1.807, 2.05) is 55.6 Å². The van der Waals surface area contributed by atoms with Crippen molar-refractivity contribution in [3.63, 3.8) is 0 Å². The van der Waals surface area contributed by atoms with Crippen LogP contribution in [0.15, 0.2) is 71.1 Å². The van der Waals surface area contributed by atoms with Gasteiger partial charge in [0.1, 0.15) is 6.61 Å². The number of rotatable bonds is 5. The maximum Gasteiger partial charge on any atom is 0.162 e. The largest absolute Gasteiger partial charge is 0.493 e. The average molecular weight is 500 g/mol. The van der Waals surface area contributed by atoms with Crippen LogP contribution in [0.5, 0.6) is 11.5 Å². The quantitative estimate of drug-likeness (QED) is 0.465. The molecule has 1 heterocycles. The minimum atomic E-state index is -0.384. The van der Waals surface area contributed by atoms with Gasteiger partial charge in [0.2, 0.25) is 0 Å². The molecule has 0 saturated carbocycles. The molecule has 3 aliphatic rings. The van der Waals surface area contributed by atoms with Crippen LogP contribution < -0.4 is 9.47 Å². The van der Waals surface area contributed by atoms with Crippen molar-refractivity contribution in [1.82, 2.24) is 4.90 Å². The van der Waals surface area contributed by atoms with Crippen molar-refractivity contribution in [3.8, 4) is 11.5 Å². The van der Waals surface area contributed by atoms with Crippen molar-refractivity contribution in [3.05, 3.63) is 82.2 Å². The third-order valence-electron chi connectivity index (χ3n) is 7.94. The number of benzene rings is 2. The van der Waals surface area contributed by atoms with Gasteiger partial charge >= 0.3 is 0 Å². The fourth-order valence-electron chi connectivity index (χ4n) is 6.22. The highest BCUT2D eigenvalue weighted by atomic mass is 16.5. The molecule has 2 aliphatic carbocycles. The Morgan fingerprint density at radius 3 is 1.92 bits per heavy atom. The highest BCUT2D eigenvalue weighted by Gasteiger charge is 2.48. The van der Waals surface area contributed by atoms with Crippen molar-refractivity contribution in [2.24, 2.45) is 10.8 Å². The van der Waals surface area contributed by atoms with E-state index in [1.54, 1.807) is 7.11 Å². The van der Waals surface area contributed by atoms with Crippen LogP contribution in [0.2, 0.25) is 0 Å². The molecule has 37 heavy (non-hydrogen) atoms. The topological polar surface area (TPSA) is 55.8 Å². The van der Waals surface area contributed by atoms with Crippen molar-refractivity contribution >= 4 is 11.6 Å². The number of carbonyl (C=O) groups is 2. The molecule has 0 amide bonds. The fourth-order valence-corrected chi connectivity index (χ4v) is 6.22. The van der Waals surface area contributed by atoms with E-state index in [0.29, 0.717) is 30.9 Å². The summed E-state index contributed by atoms with van der Waals surface area (Å²) in [4.78, 5) is 29.5. The predicted molar refractivity (Wildman–Crippen MR) is 144 cm³/mol. The van der Waals surface area contributed by atoms with Crippen molar-refractivity contribution in [1.29, 1.82) is 0 Å². The number of ketones is 2. The second kappa shape index (κ2) is 9.20. The monoisotopic (exact) mass is 499 g/mol. The maximum atomic E-state index is 13.7. The molecule has 2 aromatic rings. The van der Waals surface area contributed by atoms with E-state index in [-0.39, 0.29) is 28.3 Å². The SMILES string of the molecule is COc1cc(C2C3=C(CC(C)(C)CC3=O)N(C)C3=C2C(=O)CC(C)(C)C3)ccc1OCc1ccccc1. The Morgan fingerprint density at radius 2 is 1.38 bits per heavy atom. The number of Topliss-reactive ketones (excluding diaryl/α,β-unsaturated/α-hetero) is 2. The van der Waals surface area contributed by atoms with Crippen LogP contribution in [0.4, 0.5) is 0 Å². The predicted octanol–water partition coefficient (Wildman–Crippen LogP) is 6.59. The zero-order valence-electron chi connectivity index (χ0n) is 22.8. The average Bonchev–Trinajstić information content (AvgIpc) is 2.83. The zero-order valence-corrected chi connectivity index (χ0v) is 22.8. The van der Waals surface area contributed by atoms with Gasteiger partial charge in [0.15, 0.2) is 23.1 Å². The number of methoxy groups -OCH3 is 1. The van der Waals surface area contributed by atoms with Gasteiger partial charge in [-0.2, -0.15) is 0 Å². The molecular weight excluding hydrogens is 462 g/mol. The highest BCUT2D eigenvalue weighted by Crippen LogP contribution is 2.54. The second-order valence-electron chi connectivity index (χ2n) is 12.3. The first-order valence-electron chi connectivity index (χ1n) is 13.1. The van der Waals surface area contributed by atoms with Gasteiger partial charge in [-0.25, -0.2) is 0 Å². The molecule has 0 aromatic heterocycles. The molecule has 5 nitrogen and oxygen atoms in total. The van der Waals surface area contributed by atoms with Crippen LogP contribution in [0.25, 0.3) is 0 Å². The van der Waals surface area contributed by atoms with Crippen molar-refractivity contribution in [2.75, 3.05) is 14.2 Å². The molecule has 2 aromatic carbocycles. The van der Waals surface area contributed by atoms with Gasteiger partial charge in [0, 0.05) is 48.3 Å². The van der Waals surface area contributed by atoms with Crippen LogP contribution in [0.3, 0.4) is 0 Å². The van der Waals surface area contributed by atoms with Crippen LogP contribution in [0, 0.1) is 10.8 Å². The van der Waals surface area contributed by atoms with E-state index in [1.165, 1.54) is 0 Å². The molecule has 0 saturated heterocycles. The Labute approximate surface area is 220 Å². The zero-order chi connectivity index (χ0) is 26.5. The molecule has 0 radical (unpaired) electrons. The van der Waals surface area contributed by atoms with E-state index < -0.39 is 0 Å². The molecular formula is C32H37NO4. The van der Waals surface area contributed by atoms with Gasteiger partial charge in [0.25, 0.3) is 0 Å². The van der Waals surface area contributed by atoms with Crippen LogP contribution >= 0.6 is 0 Å². The summed E-state index contributed by atoms with van der Waals surface area (Å²) in [7, 11) is 3.66. The normalized spacial score (nSPS) is 21.1. The number of nitrogens with zero attached hydrogens (tertiary/aromatic N) is 1. The molecule has 0 atom stereocenters. The number of ether oxygens (including phenoxy) is 2. The first kappa shape index (κ1) is 25.3. The molecule has 0 N–H and O–H groups in total. The van der Waals surface area contributed by atoms with Gasteiger partial charge < -0.3 is 14.4 Å². The molecule has 0 spiro atoms. The van der Waals surface area contributed by atoms with E-state index in [0.717, 1.165) is 46.5 Å². The summed E-state index contributed by atoms with van der Waals surface area (Å²) in [6.07, 6.45) is 2.57. The summed E-state index contributed by atoms with van der Waals surface area (Å²) in [5.74, 6) is 1.12. The third kappa shape index (κ3) is 4.72. The van der Waals surface area contributed by atoms with Gasteiger partial charge in [-0.05, 0) is 46.9 Å². The molecule has 194 valence electrons. The lowest BCUT2D eigenvalue weighted by atomic mass is 9.64. The Morgan fingerprint density at radius 1 is 0.811 bits per heavy atom. The summed E-state index contributed by atoms with van der Waals surface area (Å²) in [5.41, 5.74) is 5.39. The Kier molecular flexibility index (Phi) is 6.29. The van der Waals surface area contributed by atoms with E-state index in [9.17, 15) is 9.59 Å². The minimum absolute atomic E-state index is 0.117. The van der Waals surface area contributed by atoms with E-state index in [2.05, 4.69) is 32.6 Å². The van der Waals surface area contributed by atoms with Crippen LogP contribution in [-0.4, -0.2) is 30.6 Å². The Hall–Kier alpha value is -3.34. The summed E-state index contributed by atoms with van der Waals surface area (Å²) in [6, 6.07) is 15.8. The first-order valence-corrected chi connectivity index (χ1v) is 13.1. The Balaban J connectivity index is 1.60. The number of carbonyl (C=O) groups excluding carboxylic acids is 2.